The highest BCUT2D eigenvalue weighted by Gasteiger charge is 2.27. The zero-order valence-electron chi connectivity index (χ0n) is 18.2. The van der Waals surface area contributed by atoms with Crippen LogP contribution in [0.15, 0.2) is 89.2 Å². The van der Waals surface area contributed by atoms with Crippen LogP contribution in [-0.4, -0.2) is 29.3 Å². The molecule has 3 aromatic carbocycles. The molecule has 0 unspecified atom stereocenters. The first kappa shape index (κ1) is 26.4. The van der Waals surface area contributed by atoms with Crippen LogP contribution in [0.5, 0.6) is 0 Å². The number of nitrogens with one attached hydrogen (secondary N) is 1. The zero-order chi connectivity index (χ0) is 25.8. The number of rotatable bonds is 9. The van der Waals surface area contributed by atoms with E-state index < -0.39 is 31.8 Å². The van der Waals surface area contributed by atoms with Gasteiger partial charge in [-0.25, -0.2) is 26.4 Å². The number of sulfonamides is 2. The minimum Gasteiger partial charge on any atom is -0.348 e. The Kier molecular flexibility index (Phi) is 7.96. The van der Waals surface area contributed by atoms with E-state index in [4.69, 9.17) is 16.7 Å². The minimum atomic E-state index is -4.24. The predicted molar refractivity (Wildman–Crippen MR) is 132 cm³/mol. The van der Waals surface area contributed by atoms with Crippen LogP contribution < -0.4 is 14.8 Å². The highest BCUT2D eigenvalue weighted by atomic mass is 35.5. The molecule has 0 aliphatic rings. The topological polar surface area (TPSA) is 127 Å². The zero-order valence-corrected chi connectivity index (χ0v) is 20.6. The lowest BCUT2D eigenvalue weighted by Crippen LogP contribution is -2.32. The summed E-state index contributed by atoms with van der Waals surface area (Å²) in [6.07, 6.45) is 1.37. The maximum absolute atomic E-state index is 13.4. The number of carbonyl (C=O) groups is 1. The Hall–Kier alpha value is -3.25. The van der Waals surface area contributed by atoms with Crippen LogP contribution in [0.2, 0.25) is 5.02 Å². The molecule has 0 heterocycles. The fourth-order valence-electron chi connectivity index (χ4n) is 3.11. The van der Waals surface area contributed by atoms with Crippen molar-refractivity contribution in [1.82, 2.24) is 5.32 Å². The smallest absolute Gasteiger partial charge is 0.266 e. The number of primary sulfonamides is 1. The van der Waals surface area contributed by atoms with E-state index in [2.05, 4.69) is 11.9 Å². The summed E-state index contributed by atoms with van der Waals surface area (Å²) in [5.74, 6) is -1.11. The van der Waals surface area contributed by atoms with E-state index in [1.807, 2.05) is 0 Å². The normalized spacial score (nSPS) is 11.6. The first-order chi connectivity index (χ1) is 16.4. The van der Waals surface area contributed by atoms with E-state index in [9.17, 15) is 26.0 Å². The van der Waals surface area contributed by atoms with Crippen LogP contribution in [0.4, 0.5) is 10.1 Å². The van der Waals surface area contributed by atoms with Crippen molar-refractivity contribution in [1.29, 1.82) is 0 Å². The van der Waals surface area contributed by atoms with Crippen molar-refractivity contribution >= 4 is 43.2 Å². The summed E-state index contributed by atoms with van der Waals surface area (Å²) >= 11 is 6.18. The summed E-state index contributed by atoms with van der Waals surface area (Å²) in [6, 6.07) is 14.3. The number of nitrogens with zero attached hydrogens (tertiary/aromatic N) is 1. The summed E-state index contributed by atoms with van der Waals surface area (Å²) in [6.45, 7) is 3.51. The second-order valence-corrected chi connectivity index (χ2v) is 11.1. The maximum Gasteiger partial charge on any atom is 0.266 e. The van der Waals surface area contributed by atoms with Crippen molar-refractivity contribution in [2.24, 2.45) is 5.14 Å². The molecule has 1 amide bonds. The van der Waals surface area contributed by atoms with Crippen LogP contribution in [0.3, 0.4) is 0 Å². The lowest BCUT2D eigenvalue weighted by molar-refractivity contribution is 0.0950. The number of benzene rings is 3. The van der Waals surface area contributed by atoms with Gasteiger partial charge >= 0.3 is 0 Å². The van der Waals surface area contributed by atoms with Crippen molar-refractivity contribution in [3.63, 3.8) is 0 Å². The number of amides is 1. The van der Waals surface area contributed by atoms with Gasteiger partial charge in [-0.05, 0) is 60.2 Å². The molecular weight excluding hydrogens is 517 g/mol. The molecule has 0 aromatic heterocycles. The molecule has 12 heteroatoms. The van der Waals surface area contributed by atoms with E-state index >= 15 is 0 Å². The molecule has 0 radical (unpaired) electrons. The standard InChI is InChI=1S/C23H21ClFN3O5S2/c1-2-13-28(19-8-6-18(25)7-9-19)35(32,33)22-14-17(5-12-21(22)24)23(29)27-15-16-3-10-20(11-4-16)34(26,30)31/h2-12,14H,1,13,15H2,(H,27,29)(H2,26,30,31). The monoisotopic (exact) mass is 537 g/mol. The molecule has 0 bridgehead atoms. The Bertz CT molecular complexity index is 1460. The number of carbonyl (C=O) groups excluding carboxylic acids is 1. The lowest BCUT2D eigenvalue weighted by atomic mass is 10.2. The van der Waals surface area contributed by atoms with Crippen molar-refractivity contribution in [3.05, 3.63) is 101 Å². The van der Waals surface area contributed by atoms with Gasteiger partial charge in [-0.3, -0.25) is 9.10 Å². The molecule has 0 aliphatic carbocycles. The second kappa shape index (κ2) is 10.6. The molecule has 3 N–H and O–H groups in total. The van der Waals surface area contributed by atoms with Crippen LogP contribution in [0, 0.1) is 5.82 Å². The third kappa shape index (κ3) is 6.25. The van der Waals surface area contributed by atoms with Crippen molar-refractivity contribution in [2.75, 3.05) is 10.8 Å². The molecule has 35 heavy (non-hydrogen) atoms. The van der Waals surface area contributed by atoms with E-state index in [-0.39, 0.29) is 39.2 Å². The van der Waals surface area contributed by atoms with Crippen molar-refractivity contribution in [2.45, 2.75) is 16.3 Å². The molecule has 0 fully saturated rings. The average molecular weight is 538 g/mol. The molecule has 0 spiro atoms. The van der Waals surface area contributed by atoms with E-state index in [1.54, 1.807) is 0 Å². The molecule has 184 valence electrons. The van der Waals surface area contributed by atoms with Gasteiger partial charge in [0.15, 0.2) is 0 Å². The van der Waals surface area contributed by atoms with Crippen molar-refractivity contribution in [3.8, 4) is 0 Å². The van der Waals surface area contributed by atoms with Gasteiger partial charge in [0.2, 0.25) is 10.0 Å². The number of hydrogen-bond donors (Lipinski definition) is 2. The lowest BCUT2D eigenvalue weighted by Gasteiger charge is -2.24. The third-order valence-corrected chi connectivity index (χ3v) is 8.08. The summed E-state index contributed by atoms with van der Waals surface area (Å²) in [5.41, 5.74) is 0.827. The Labute approximate surface area is 207 Å². The summed E-state index contributed by atoms with van der Waals surface area (Å²) in [5, 5.41) is 7.60. The Morgan fingerprint density at radius 2 is 1.66 bits per heavy atom. The third-order valence-electron chi connectivity index (χ3n) is 4.88. The van der Waals surface area contributed by atoms with Crippen LogP contribution in [0.25, 0.3) is 0 Å². The van der Waals surface area contributed by atoms with E-state index in [1.165, 1.54) is 54.6 Å². The first-order valence-electron chi connectivity index (χ1n) is 10.0. The Morgan fingerprint density at radius 3 is 2.23 bits per heavy atom. The van der Waals surface area contributed by atoms with Crippen LogP contribution >= 0.6 is 11.6 Å². The largest absolute Gasteiger partial charge is 0.348 e. The van der Waals surface area contributed by atoms with Gasteiger partial charge in [0.05, 0.1) is 22.2 Å². The Morgan fingerprint density at radius 1 is 1.03 bits per heavy atom. The van der Waals surface area contributed by atoms with Gasteiger partial charge in [-0.1, -0.05) is 29.8 Å². The molecular formula is C23H21ClFN3O5S2. The molecule has 0 saturated carbocycles. The molecule has 3 aromatic rings. The quantitative estimate of drug-likeness (QED) is 0.404. The maximum atomic E-state index is 13.4. The van der Waals surface area contributed by atoms with Gasteiger partial charge in [0.25, 0.3) is 15.9 Å². The van der Waals surface area contributed by atoms with Crippen LogP contribution in [0.1, 0.15) is 15.9 Å². The van der Waals surface area contributed by atoms with E-state index in [0.717, 1.165) is 22.5 Å². The fraction of sp³-hybridized carbons (Fsp3) is 0.0870. The van der Waals surface area contributed by atoms with Crippen LogP contribution in [-0.2, 0) is 26.6 Å². The molecule has 8 nitrogen and oxygen atoms in total. The molecule has 0 atom stereocenters. The van der Waals surface area contributed by atoms with Gasteiger partial charge in [-0.2, -0.15) is 0 Å². The van der Waals surface area contributed by atoms with Gasteiger partial charge in [0, 0.05) is 12.1 Å². The Balaban J connectivity index is 1.85. The first-order valence-corrected chi connectivity index (χ1v) is 13.4. The molecule has 0 saturated heterocycles. The van der Waals surface area contributed by atoms with Gasteiger partial charge in [0.1, 0.15) is 10.7 Å². The highest BCUT2D eigenvalue weighted by molar-refractivity contribution is 7.93. The predicted octanol–water partition coefficient (Wildman–Crippen LogP) is 3.44. The fourth-order valence-corrected chi connectivity index (χ4v) is 5.56. The SMILES string of the molecule is C=CCN(c1ccc(F)cc1)S(=O)(=O)c1cc(C(=O)NCc2ccc(S(N)(=O)=O)cc2)ccc1Cl. The minimum absolute atomic E-state index is 0.0341. The van der Waals surface area contributed by atoms with E-state index in [0.29, 0.717) is 5.56 Å². The summed E-state index contributed by atoms with van der Waals surface area (Å²) < 4.78 is 63.9. The van der Waals surface area contributed by atoms with Gasteiger partial charge in [-0.15, -0.1) is 6.58 Å². The molecule has 3 rings (SSSR count). The summed E-state index contributed by atoms with van der Waals surface area (Å²) in [4.78, 5) is 12.3. The highest BCUT2D eigenvalue weighted by Crippen LogP contribution is 2.29. The average Bonchev–Trinajstić information content (AvgIpc) is 2.81. The second-order valence-electron chi connectivity index (χ2n) is 7.32. The summed E-state index contributed by atoms with van der Waals surface area (Å²) in [7, 11) is -8.08. The number of hydrogen-bond acceptors (Lipinski definition) is 5. The number of anilines is 1. The van der Waals surface area contributed by atoms with Gasteiger partial charge < -0.3 is 5.32 Å². The number of halogens is 2. The van der Waals surface area contributed by atoms with Crippen molar-refractivity contribution < 1.29 is 26.0 Å². The molecule has 0 aliphatic heterocycles. The number of nitrogens with two attached hydrogens (primary N) is 1.